The lowest BCUT2D eigenvalue weighted by Crippen LogP contribution is -2.47. The first kappa shape index (κ1) is 23.4. The maximum Gasteiger partial charge on any atom is 0.238 e. The Balaban J connectivity index is 1.40. The molecule has 3 heterocycles. The number of sulfonamides is 1. The van der Waals surface area contributed by atoms with Gasteiger partial charge in [0, 0.05) is 61.4 Å². The van der Waals surface area contributed by atoms with Crippen LogP contribution in [0, 0.1) is 20.8 Å². The highest BCUT2D eigenvalue weighted by Crippen LogP contribution is 2.23. The minimum Gasteiger partial charge on any atom is -0.361 e. The number of Topliss-reactive ketones (excluding diaryl/α,β-unsaturated/α-hetero) is 1. The number of primary sulfonamides is 1. The number of benzene rings is 1. The molecule has 0 unspecified atom stereocenters. The van der Waals surface area contributed by atoms with Gasteiger partial charge >= 0.3 is 0 Å². The summed E-state index contributed by atoms with van der Waals surface area (Å²) >= 11 is 0. The fourth-order valence-electron chi connectivity index (χ4n) is 4.34. The SMILES string of the molecule is Cc1cc(CN2CCN(CC(=O)c3cc(C)n(-c4ccc(S(N)(=O)=O)cc4)c3C)CC2)no1. The molecule has 0 bridgehead atoms. The summed E-state index contributed by atoms with van der Waals surface area (Å²) in [5, 5.41) is 9.25. The van der Waals surface area contributed by atoms with Gasteiger partial charge in [0.25, 0.3) is 0 Å². The molecule has 2 N–H and O–H groups in total. The van der Waals surface area contributed by atoms with E-state index < -0.39 is 10.0 Å². The Morgan fingerprint density at radius 1 is 1.03 bits per heavy atom. The third-order valence-corrected chi connectivity index (χ3v) is 6.98. The molecular weight excluding hydrogens is 442 g/mol. The Bertz CT molecular complexity index is 1250. The number of nitrogens with two attached hydrogens (primary N) is 1. The van der Waals surface area contributed by atoms with E-state index in [0.29, 0.717) is 12.1 Å². The lowest BCUT2D eigenvalue weighted by Gasteiger charge is -2.33. The van der Waals surface area contributed by atoms with Gasteiger partial charge in [-0.25, -0.2) is 13.6 Å². The third-order valence-electron chi connectivity index (χ3n) is 6.05. The minimum atomic E-state index is -3.75. The first-order valence-corrected chi connectivity index (χ1v) is 12.4. The molecule has 3 aromatic rings. The highest BCUT2D eigenvalue weighted by molar-refractivity contribution is 7.89. The van der Waals surface area contributed by atoms with Crippen LogP contribution < -0.4 is 5.14 Å². The highest BCUT2D eigenvalue weighted by atomic mass is 32.2. The normalized spacial score (nSPS) is 15.8. The van der Waals surface area contributed by atoms with E-state index in [1.807, 2.05) is 37.5 Å². The van der Waals surface area contributed by atoms with E-state index in [2.05, 4.69) is 15.0 Å². The van der Waals surface area contributed by atoms with Crippen LogP contribution in [-0.2, 0) is 16.6 Å². The molecule has 1 saturated heterocycles. The Morgan fingerprint density at radius 3 is 2.24 bits per heavy atom. The minimum absolute atomic E-state index is 0.0582. The van der Waals surface area contributed by atoms with Crippen molar-refractivity contribution in [3.8, 4) is 5.69 Å². The van der Waals surface area contributed by atoms with Crippen LogP contribution in [0.25, 0.3) is 5.69 Å². The zero-order valence-corrected chi connectivity index (χ0v) is 19.9. The van der Waals surface area contributed by atoms with Crippen molar-refractivity contribution in [2.45, 2.75) is 32.2 Å². The molecular formula is C23H29N5O4S. The average molecular weight is 472 g/mol. The molecule has 176 valence electrons. The number of nitrogens with zero attached hydrogens (tertiary/aromatic N) is 4. The lowest BCUT2D eigenvalue weighted by atomic mass is 10.1. The highest BCUT2D eigenvalue weighted by Gasteiger charge is 2.23. The largest absolute Gasteiger partial charge is 0.361 e. The number of aromatic nitrogens is 2. The summed E-state index contributed by atoms with van der Waals surface area (Å²) in [4.78, 5) is 17.7. The van der Waals surface area contributed by atoms with Crippen LogP contribution in [0.3, 0.4) is 0 Å². The maximum atomic E-state index is 13.1. The van der Waals surface area contributed by atoms with E-state index in [9.17, 15) is 13.2 Å². The molecule has 33 heavy (non-hydrogen) atoms. The van der Waals surface area contributed by atoms with Crippen molar-refractivity contribution in [2.24, 2.45) is 5.14 Å². The van der Waals surface area contributed by atoms with E-state index >= 15 is 0 Å². The molecule has 4 rings (SSSR count). The van der Waals surface area contributed by atoms with Crippen molar-refractivity contribution in [3.05, 3.63) is 64.8 Å². The quantitative estimate of drug-likeness (QED) is 0.524. The summed E-state index contributed by atoms with van der Waals surface area (Å²) in [6.45, 7) is 10.2. The van der Waals surface area contributed by atoms with Gasteiger partial charge in [-0.3, -0.25) is 14.6 Å². The van der Waals surface area contributed by atoms with Crippen LogP contribution in [0.4, 0.5) is 0 Å². The lowest BCUT2D eigenvalue weighted by molar-refractivity contribution is 0.0840. The number of piperazine rings is 1. The van der Waals surface area contributed by atoms with Gasteiger partial charge in [-0.05, 0) is 51.1 Å². The van der Waals surface area contributed by atoms with Crippen LogP contribution in [0.15, 0.2) is 45.8 Å². The molecule has 1 aromatic carbocycles. The maximum absolute atomic E-state index is 13.1. The molecule has 0 aliphatic carbocycles. The van der Waals surface area contributed by atoms with Gasteiger partial charge in [-0.1, -0.05) is 5.16 Å². The molecule has 1 aliphatic heterocycles. The van der Waals surface area contributed by atoms with E-state index in [-0.39, 0.29) is 10.7 Å². The van der Waals surface area contributed by atoms with Crippen LogP contribution in [0.2, 0.25) is 0 Å². The second-order valence-corrected chi connectivity index (χ2v) is 10.1. The predicted octanol–water partition coefficient (Wildman–Crippen LogP) is 2.04. The van der Waals surface area contributed by atoms with Gasteiger partial charge in [0.05, 0.1) is 17.1 Å². The average Bonchev–Trinajstić information content (AvgIpc) is 3.30. The predicted molar refractivity (Wildman–Crippen MR) is 124 cm³/mol. The van der Waals surface area contributed by atoms with Crippen molar-refractivity contribution in [2.75, 3.05) is 32.7 Å². The molecule has 0 atom stereocenters. The van der Waals surface area contributed by atoms with Crippen molar-refractivity contribution in [1.82, 2.24) is 19.5 Å². The summed E-state index contributed by atoms with van der Waals surface area (Å²) < 4.78 is 30.1. The fraction of sp³-hybridized carbons (Fsp3) is 0.391. The molecule has 2 aromatic heterocycles. The number of rotatable bonds is 7. The van der Waals surface area contributed by atoms with Gasteiger partial charge in [-0.2, -0.15) is 0 Å². The summed E-state index contributed by atoms with van der Waals surface area (Å²) in [5.74, 6) is 0.892. The number of hydrogen-bond acceptors (Lipinski definition) is 7. The summed E-state index contributed by atoms with van der Waals surface area (Å²) in [7, 11) is -3.75. The molecule has 0 radical (unpaired) electrons. The standard InChI is InChI=1S/C23H29N5O4S/c1-16-12-22(18(3)28(16)20-4-6-21(7-5-20)33(24,30)31)23(29)15-27-10-8-26(9-11-27)14-19-13-17(2)32-25-19/h4-7,12-13H,8-11,14-15H2,1-3H3,(H2,24,30,31). The molecule has 9 nitrogen and oxygen atoms in total. The third kappa shape index (κ3) is 5.25. The Hall–Kier alpha value is -2.79. The van der Waals surface area contributed by atoms with Gasteiger partial charge < -0.3 is 9.09 Å². The molecule has 0 saturated carbocycles. The van der Waals surface area contributed by atoms with E-state index in [0.717, 1.165) is 61.3 Å². The van der Waals surface area contributed by atoms with Crippen LogP contribution in [0.5, 0.6) is 0 Å². The summed E-state index contributed by atoms with van der Waals surface area (Å²) in [6, 6.07) is 10.2. The van der Waals surface area contributed by atoms with Crippen LogP contribution >= 0.6 is 0 Å². The molecule has 0 spiro atoms. The molecule has 10 heteroatoms. The first-order valence-electron chi connectivity index (χ1n) is 10.8. The second-order valence-electron chi connectivity index (χ2n) is 8.56. The topological polar surface area (TPSA) is 115 Å². The summed E-state index contributed by atoms with van der Waals surface area (Å²) in [6.07, 6.45) is 0. The van der Waals surface area contributed by atoms with Gasteiger partial charge in [-0.15, -0.1) is 0 Å². The van der Waals surface area contributed by atoms with E-state index in [1.54, 1.807) is 12.1 Å². The van der Waals surface area contributed by atoms with Gasteiger partial charge in [0.15, 0.2) is 5.78 Å². The van der Waals surface area contributed by atoms with Gasteiger partial charge in [0.2, 0.25) is 10.0 Å². The monoisotopic (exact) mass is 471 g/mol. The summed E-state index contributed by atoms with van der Waals surface area (Å²) in [5.41, 5.74) is 4.14. The molecule has 1 aliphatic rings. The van der Waals surface area contributed by atoms with Crippen LogP contribution in [-0.4, -0.2) is 66.4 Å². The van der Waals surface area contributed by atoms with Gasteiger partial charge in [0.1, 0.15) is 5.76 Å². The number of aryl methyl sites for hydroxylation is 2. The number of ketones is 1. The second kappa shape index (κ2) is 9.22. The zero-order chi connectivity index (χ0) is 23.8. The van der Waals surface area contributed by atoms with Crippen molar-refractivity contribution in [1.29, 1.82) is 0 Å². The van der Waals surface area contributed by atoms with E-state index in [4.69, 9.17) is 9.66 Å². The first-order chi connectivity index (χ1) is 15.6. The smallest absolute Gasteiger partial charge is 0.238 e. The number of carbonyl (C=O) groups is 1. The fourth-order valence-corrected chi connectivity index (χ4v) is 4.86. The van der Waals surface area contributed by atoms with Crippen molar-refractivity contribution in [3.63, 3.8) is 0 Å². The van der Waals surface area contributed by atoms with Crippen molar-refractivity contribution >= 4 is 15.8 Å². The molecule has 0 amide bonds. The van der Waals surface area contributed by atoms with Crippen molar-refractivity contribution < 1.29 is 17.7 Å². The van der Waals surface area contributed by atoms with Crippen LogP contribution in [0.1, 0.15) is 33.2 Å². The Morgan fingerprint density at radius 2 is 1.67 bits per heavy atom. The number of carbonyl (C=O) groups excluding carboxylic acids is 1. The Labute approximate surface area is 193 Å². The molecule has 1 fully saturated rings. The zero-order valence-electron chi connectivity index (χ0n) is 19.1. The Kier molecular flexibility index (Phi) is 6.53. The number of hydrogen-bond donors (Lipinski definition) is 1. The van der Waals surface area contributed by atoms with E-state index in [1.165, 1.54) is 12.1 Å².